The van der Waals surface area contributed by atoms with Gasteiger partial charge in [-0.15, -0.1) is 0 Å². The molecule has 6 rings (SSSR count). The van der Waals surface area contributed by atoms with Crippen molar-refractivity contribution < 1.29 is 43.8 Å². The van der Waals surface area contributed by atoms with Crippen molar-refractivity contribution in [1.29, 1.82) is 0 Å². The minimum absolute atomic E-state index is 0.0232. The van der Waals surface area contributed by atoms with Gasteiger partial charge in [0.2, 0.25) is 34.3 Å². The molecule has 50 heavy (non-hydrogen) atoms. The van der Waals surface area contributed by atoms with Crippen LogP contribution in [-0.2, 0) is 11.2 Å². The summed E-state index contributed by atoms with van der Waals surface area (Å²) in [6, 6.07) is 18.3. The van der Waals surface area contributed by atoms with Crippen molar-refractivity contribution in [2.24, 2.45) is 0 Å². The van der Waals surface area contributed by atoms with E-state index in [1.807, 2.05) is 27.7 Å². The molecule has 258 valence electrons. The number of benzene rings is 4. The highest BCUT2D eigenvalue weighted by molar-refractivity contribution is 6.34. The van der Waals surface area contributed by atoms with E-state index in [2.05, 4.69) is 0 Å². The summed E-state index contributed by atoms with van der Waals surface area (Å²) < 4.78 is 10.6. The number of carbonyl (C=O) groups is 4. The number of ketones is 4. The number of nitrogens with two attached hydrogens (primary N) is 1. The fraction of sp³-hybridized carbons (Fsp3) is 0.263. The molecule has 0 radical (unpaired) electrons. The molecule has 0 fully saturated rings. The van der Waals surface area contributed by atoms with E-state index in [1.165, 1.54) is 44.6 Å². The number of nitro benzene ring substituents is 1. The quantitative estimate of drug-likeness (QED) is 0.0942. The molecule has 2 aliphatic carbocycles. The lowest BCUT2D eigenvalue weighted by Crippen LogP contribution is -2.38. The van der Waals surface area contributed by atoms with Gasteiger partial charge in [0.15, 0.2) is 0 Å². The van der Waals surface area contributed by atoms with Gasteiger partial charge in [0, 0.05) is 34.0 Å². The van der Waals surface area contributed by atoms with Gasteiger partial charge in [-0.3, -0.25) is 29.3 Å². The van der Waals surface area contributed by atoms with Crippen molar-refractivity contribution in [2.45, 2.75) is 50.7 Å². The maximum absolute atomic E-state index is 12.9. The Balaban J connectivity index is 0.000000195. The molecule has 12 nitrogen and oxygen atoms in total. The number of fused-ring (bicyclic) bond motifs is 2. The highest BCUT2D eigenvalue weighted by Gasteiger charge is 2.57. The number of aliphatic hydroxyl groups is 2. The highest BCUT2D eigenvalue weighted by Crippen LogP contribution is 2.46. The van der Waals surface area contributed by atoms with Gasteiger partial charge in [-0.05, 0) is 41.2 Å². The highest BCUT2D eigenvalue weighted by atomic mass is 16.6. The Labute approximate surface area is 287 Å². The molecule has 4 N–H and O–H groups in total. The van der Waals surface area contributed by atoms with Gasteiger partial charge in [-0.25, -0.2) is 0 Å². The normalized spacial score (nSPS) is 19.3. The Morgan fingerprint density at radius 2 is 1.08 bits per heavy atom. The zero-order chi connectivity index (χ0) is 36.9. The summed E-state index contributed by atoms with van der Waals surface area (Å²) >= 11 is 0. The van der Waals surface area contributed by atoms with Crippen LogP contribution in [0, 0.1) is 10.1 Å². The second-order valence-electron chi connectivity index (χ2n) is 12.7. The minimum atomic E-state index is -2.55. The second-order valence-corrected chi connectivity index (χ2v) is 12.7. The van der Waals surface area contributed by atoms with Crippen LogP contribution in [0.25, 0.3) is 0 Å². The first-order valence-corrected chi connectivity index (χ1v) is 15.7. The van der Waals surface area contributed by atoms with E-state index >= 15 is 0 Å². The molecule has 2 unspecified atom stereocenters. The molecule has 4 aromatic rings. The minimum Gasteiger partial charge on any atom is -0.496 e. The van der Waals surface area contributed by atoms with E-state index in [0.29, 0.717) is 5.75 Å². The molecule has 0 saturated carbocycles. The van der Waals surface area contributed by atoms with Crippen LogP contribution < -0.4 is 15.2 Å². The molecule has 4 aromatic carbocycles. The Hall–Kier alpha value is -5.72. The predicted molar refractivity (Wildman–Crippen MR) is 183 cm³/mol. The largest absolute Gasteiger partial charge is 0.496 e. The number of ether oxygens (including phenoxy) is 2. The molecule has 2 atom stereocenters. The summed E-state index contributed by atoms with van der Waals surface area (Å²) in [7, 11) is 2.81. The van der Waals surface area contributed by atoms with Crippen LogP contribution in [0.5, 0.6) is 11.5 Å². The van der Waals surface area contributed by atoms with Crippen LogP contribution in [0.4, 0.5) is 11.4 Å². The number of hydrogen-bond donors (Lipinski definition) is 3. The number of anilines is 1. The van der Waals surface area contributed by atoms with Crippen LogP contribution in [0.2, 0.25) is 0 Å². The number of nitrogens with zero attached hydrogens (tertiary/aromatic N) is 1. The lowest BCUT2D eigenvalue weighted by atomic mass is 9.86. The topological polar surface area (TPSA) is 196 Å². The van der Waals surface area contributed by atoms with Crippen molar-refractivity contribution in [3.8, 4) is 11.5 Å². The van der Waals surface area contributed by atoms with E-state index in [1.54, 1.807) is 36.4 Å². The Kier molecular flexibility index (Phi) is 9.22. The first-order chi connectivity index (χ1) is 23.5. The molecule has 0 aliphatic heterocycles. The summed E-state index contributed by atoms with van der Waals surface area (Å²) in [5.74, 6) is -2.40. The number of nitro groups is 1. The van der Waals surface area contributed by atoms with E-state index < -0.39 is 44.9 Å². The molecule has 0 aromatic heterocycles. The van der Waals surface area contributed by atoms with Crippen LogP contribution in [0.3, 0.4) is 0 Å². The van der Waals surface area contributed by atoms with Gasteiger partial charge in [0.25, 0.3) is 5.69 Å². The molecule has 12 heteroatoms. The Morgan fingerprint density at radius 1 is 0.660 bits per heavy atom. The third-order valence-corrected chi connectivity index (χ3v) is 9.16. The number of methoxy groups -OCH3 is 2. The molecule has 0 heterocycles. The fourth-order valence-electron chi connectivity index (χ4n) is 6.31. The first kappa shape index (κ1) is 35.6. The number of Topliss-reactive ketones (excluding diaryl/α,β-unsaturated/α-hetero) is 4. The van der Waals surface area contributed by atoms with Crippen molar-refractivity contribution in [2.75, 3.05) is 20.0 Å². The van der Waals surface area contributed by atoms with Gasteiger partial charge in [0.1, 0.15) is 17.1 Å². The van der Waals surface area contributed by atoms with E-state index in [-0.39, 0.29) is 56.7 Å². The van der Waals surface area contributed by atoms with Gasteiger partial charge in [0.05, 0.1) is 24.7 Å². The maximum atomic E-state index is 12.9. The lowest BCUT2D eigenvalue weighted by molar-refractivity contribution is -0.385. The third kappa shape index (κ3) is 5.33. The zero-order valence-electron chi connectivity index (χ0n) is 28.3. The fourth-order valence-corrected chi connectivity index (χ4v) is 6.31. The molecule has 0 spiro atoms. The van der Waals surface area contributed by atoms with Crippen LogP contribution in [0.1, 0.15) is 103 Å². The van der Waals surface area contributed by atoms with Crippen LogP contribution >= 0.6 is 0 Å². The Morgan fingerprint density at radius 3 is 1.48 bits per heavy atom. The maximum Gasteiger partial charge on any atom is 0.281 e. The SMILES string of the molecule is COc1cc(C(C)C)ccc1C1(O)C(=O)c2cccc(N)c2C1=O.COc1cc(C(C)C)ccc1C1(O)C(=O)c2cccc([N+](=O)[O-])c2C1=O. The van der Waals surface area contributed by atoms with Gasteiger partial charge in [-0.1, -0.05) is 76.2 Å². The monoisotopic (exact) mass is 680 g/mol. The van der Waals surface area contributed by atoms with Crippen molar-refractivity contribution in [3.05, 3.63) is 127 Å². The van der Waals surface area contributed by atoms with Gasteiger partial charge in [-0.2, -0.15) is 0 Å². The third-order valence-electron chi connectivity index (χ3n) is 9.16. The molecule has 0 bridgehead atoms. The molecule has 0 amide bonds. The zero-order valence-corrected chi connectivity index (χ0v) is 28.3. The number of rotatable bonds is 7. The van der Waals surface area contributed by atoms with Gasteiger partial charge < -0.3 is 25.4 Å². The van der Waals surface area contributed by atoms with Crippen molar-refractivity contribution in [1.82, 2.24) is 0 Å². The van der Waals surface area contributed by atoms with Gasteiger partial charge >= 0.3 is 0 Å². The lowest BCUT2D eigenvalue weighted by Gasteiger charge is -2.23. The standard InChI is InChI=1S/C19H17NO6.C19H19NO4/c1-10(2)11-7-8-13(15(9-11)26-3)19(23)17(21)12-5-4-6-14(20(24)25)16(12)18(19)22;1-10(2)11-7-8-13(15(9-11)24-3)19(23)17(21)12-5-4-6-14(20)16(12)18(19)22/h4-10,23H,1-3H3;4-10,23H,20H2,1-3H3. The average Bonchev–Trinajstić information content (AvgIpc) is 3.43. The number of carbonyl (C=O) groups excluding carboxylic acids is 4. The summed E-state index contributed by atoms with van der Waals surface area (Å²) in [6.07, 6.45) is 0. The smallest absolute Gasteiger partial charge is 0.281 e. The average molecular weight is 681 g/mol. The Bertz CT molecular complexity index is 2100. The van der Waals surface area contributed by atoms with E-state index in [9.17, 15) is 39.5 Å². The van der Waals surface area contributed by atoms with Crippen LogP contribution in [0.15, 0.2) is 72.8 Å². The van der Waals surface area contributed by atoms with E-state index in [4.69, 9.17) is 15.2 Å². The molecular weight excluding hydrogens is 644 g/mol. The molecule has 0 saturated heterocycles. The second kappa shape index (κ2) is 13.0. The van der Waals surface area contributed by atoms with E-state index in [0.717, 1.165) is 17.2 Å². The molecular formula is C38H36N2O10. The summed E-state index contributed by atoms with van der Waals surface area (Å²) in [5.41, 5.74) is 2.33. The predicted octanol–water partition coefficient (Wildman–Crippen LogP) is 5.66. The molecule has 2 aliphatic rings. The first-order valence-electron chi connectivity index (χ1n) is 15.7. The van der Waals surface area contributed by atoms with Crippen LogP contribution in [-0.4, -0.2) is 52.5 Å². The summed E-state index contributed by atoms with van der Waals surface area (Å²) in [6.45, 7) is 7.97. The summed E-state index contributed by atoms with van der Waals surface area (Å²) in [4.78, 5) is 61.9. The number of nitrogen functional groups attached to an aromatic ring is 1. The summed E-state index contributed by atoms with van der Waals surface area (Å²) in [5, 5.41) is 33.4. The van der Waals surface area contributed by atoms with Crippen molar-refractivity contribution >= 4 is 34.5 Å². The van der Waals surface area contributed by atoms with Crippen molar-refractivity contribution in [3.63, 3.8) is 0 Å². The number of hydrogen-bond acceptors (Lipinski definition) is 11.